The van der Waals surface area contributed by atoms with Gasteiger partial charge in [0, 0.05) is 32.2 Å². The molecule has 0 spiro atoms. The molecule has 1 aliphatic rings. The predicted molar refractivity (Wildman–Crippen MR) is 80.3 cm³/mol. The van der Waals surface area contributed by atoms with E-state index in [1.54, 1.807) is 0 Å². The highest BCUT2D eigenvalue weighted by molar-refractivity contribution is 5.78. The molecule has 112 valence electrons. The molecule has 0 aromatic carbocycles. The Bertz CT molecular complexity index is 248. The molecule has 19 heavy (non-hydrogen) atoms. The van der Waals surface area contributed by atoms with Crippen LogP contribution >= 0.6 is 0 Å². The first-order chi connectivity index (χ1) is 9.11. The third kappa shape index (κ3) is 7.53. The van der Waals surface area contributed by atoms with Crippen LogP contribution in [0.5, 0.6) is 0 Å². The molecule has 0 aromatic rings. The zero-order valence-electron chi connectivity index (χ0n) is 13.0. The fourth-order valence-corrected chi connectivity index (χ4v) is 2.50. The van der Waals surface area contributed by atoms with Crippen LogP contribution in [0, 0.1) is 0 Å². The fourth-order valence-electron chi connectivity index (χ4n) is 2.50. The Kier molecular flexibility index (Phi) is 8.07. The lowest BCUT2D eigenvalue weighted by Gasteiger charge is -2.34. The largest absolute Gasteiger partial charge is 0.353 e. The highest BCUT2D eigenvalue weighted by Gasteiger charge is 2.18. The smallest absolute Gasteiger partial charge is 0.234 e. The standard InChI is InChI=1S/C15H31N3O/c1-4-5-6-7-8-17-9-11-18(12-10-17)13-15(19)16-14(2)3/h14H,4-13H2,1-3H3,(H,16,19). The van der Waals surface area contributed by atoms with Gasteiger partial charge in [0.05, 0.1) is 6.54 Å². The average molecular weight is 269 g/mol. The summed E-state index contributed by atoms with van der Waals surface area (Å²) in [5, 5.41) is 2.96. The van der Waals surface area contributed by atoms with E-state index in [9.17, 15) is 4.79 Å². The van der Waals surface area contributed by atoms with Crippen LogP contribution in [0.25, 0.3) is 0 Å². The summed E-state index contributed by atoms with van der Waals surface area (Å²) in [4.78, 5) is 16.5. The number of rotatable bonds is 8. The molecule has 1 rings (SSSR count). The second-order valence-corrected chi connectivity index (χ2v) is 5.90. The van der Waals surface area contributed by atoms with Gasteiger partial charge in [-0.05, 0) is 26.8 Å². The molecule has 0 unspecified atom stereocenters. The van der Waals surface area contributed by atoms with Gasteiger partial charge in [0.1, 0.15) is 0 Å². The van der Waals surface area contributed by atoms with Gasteiger partial charge in [-0.15, -0.1) is 0 Å². The molecule has 0 saturated carbocycles. The Morgan fingerprint density at radius 2 is 1.68 bits per heavy atom. The molecule has 1 fully saturated rings. The number of carbonyl (C=O) groups is 1. The number of nitrogens with zero attached hydrogens (tertiary/aromatic N) is 2. The van der Waals surface area contributed by atoms with Gasteiger partial charge < -0.3 is 10.2 Å². The van der Waals surface area contributed by atoms with E-state index in [1.165, 1.54) is 32.2 Å². The molecule has 4 nitrogen and oxygen atoms in total. The maximum absolute atomic E-state index is 11.7. The second kappa shape index (κ2) is 9.32. The van der Waals surface area contributed by atoms with Crippen LogP contribution < -0.4 is 5.32 Å². The summed E-state index contributed by atoms with van der Waals surface area (Å²) in [6.07, 6.45) is 5.34. The Balaban J connectivity index is 2.09. The Hall–Kier alpha value is -0.610. The lowest BCUT2D eigenvalue weighted by molar-refractivity contribution is -0.123. The molecule has 1 saturated heterocycles. The van der Waals surface area contributed by atoms with E-state index >= 15 is 0 Å². The number of carbonyl (C=O) groups excluding carboxylic acids is 1. The van der Waals surface area contributed by atoms with E-state index in [-0.39, 0.29) is 11.9 Å². The third-order valence-electron chi connectivity index (χ3n) is 3.61. The van der Waals surface area contributed by atoms with Crippen molar-refractivity contribution in [2.75, 3.05) is 39.3 Å². The molecule has 1 N–H and O–H groups in total. The van der Waals surface area contributed by atoms with Gasteiger partial charge in [0.2, 0.25) is 5.91 Å². The van der Waals surface area contributed by atoms with E-state index in [0.29, 0.717) is 6.54 Å². The molecule has 1 aliphatic heterocycles. The number of amides is 1. The minimum absolute atomic E-state index is 0.159. The lowest BCUT2D eigenvalue weighted by Crippen LogP contribution is -2.50. The third-order valence-corrected chi connectivity index (χ3v) is 3.61. The summed E-state index contributed by atoms with van der Waals surface area (Å²) in [7, 11) is 0. The van der Waals surface area contributed by atoms with Crippen molar-refractivity contribution in [1.82, 2.24) is 15.1 Å². The summed E-state index contributed by atoms with van der Waals surface area (Å²) in [5.74, 6) is 0.159. The molecule has 0 atom stereocenters. The van der Waals surface area contributed by atoms with Crippen molar-refractivity contribution in [2.24, 2.45) is 0 Å². The minimum atomic E-state index is 0.159. The molecule has 1 amide bonds. The molecule has 4 heteroatoms. The molecular weight excluding hydrogens is 238 g/mol. The zero-order chi connectivity index (χ0) is 14.1. The number of unbranched alkanes of at least 4 members (excludes halogenated alkanes) is 3. The van der Waals surface area contributed by atoms with Crippen molar-refractivity contribution in [3.8, 4) is 0 Å². The summed E-state index contributed by atoms with van der Waals surface area (Å²) in [5.41, 5.74) is 0. The highest BCUT2D eigenvalue weighted by atomic mass is 16.2. The number of nitrogens with one attached hydrogen (secondary N) is 1. The Morgan fingerprint density at radius 1 is 1.05 bits per heavy atom. The van der Waals surface area contributed by atoms with Crippen LogP contribution in [0.1, 0.15) is 46.5 Å². The summed E-state index contributed by atoms with van der Waals surface area (Å²) >= 11 is 0. The number of hydrogen-bond acceptors (Lipinski definition) is 3. The Morgan fingerprint density at radius 3 is 2.26 bits per heavy atom. The van der Waals surface area contributed by atoms with Gasteiger partial charge in [-0.3, -0.25) is 9.69 Å². The van der Waals surface area contributed by atoms with Crippen LogP contribution in [0.3, 0.4) is 0 Å². The van der Waals surface area contributed by atoms with E-state index in [4.69, 9.17) is 0 Å². The first kappa shape index (κ1) is 16.4. The summed E-state index contributed by atoms with van der Waals surface area (Å²) in [6.45, 7) is 12.3. The van der Waals surface area contributed by atoms with Gasteiger partial charge >= 0.3 is 0 Å². The maximum Gasteiger partial charge on any atom is 0.234 e. The number of hydrogen-bond donors (Lipinski definition) is 1. The van der Waals surface area contributed by atoms with E-state index in [2.05, 4.69) is 22.0 Å². The van der Waals surface area contributed by atoms with Gasteiger partial charge in [0.25, 0.3) is 0 Å². The summed E-state index contributed by atoms with van der Waals surface area (Å²) < 4.78 is 0. The lowest BCUT2D eigenvalue weighted by atomic mass is 10.2. The van der Waals surface area contributed by atoms with Crippen molar-refractivity contribution in [1.29, 1.82) is 0 Å². The predicted octanol–water partition coefficient (Wildman–Crippen LogP) is 1.71. The maximum atomic E-state index is 11.7. The van der Waals surface area contributed by atoms with Gasteiger partial charge in [-0.1, -0.05) is 26.2 Å². The number of piperazine rings is 1. The van der Waals surface area contributed by atoms with Crippen molar-refractivity contribution in [3.05, 3.63) is 0 Å². The monoisotopic (exact) mass is 269 g/mol. The van der Waals surface area contributed by atoms with Crippen LogP contribution in [0.4, 0.5) is 0 Å². The molecule has 0 bridgehead atoms. The van der Waals surface area contributed by atoms with Crippen LogP contribution in [-0.2, 0) is 4.79 Å². The van der Waals surface area contributed by atoms with Gasteiger partial charge in [0.15, 0.2) is 0 Å². The molecule has 1 heterocycles. The topological polar surface area (TPSA) is 35.6 Å². The SMILES string of the molecule is CCCCCCN1CCN(CC(=O)NC(C)C)CC1. The van der Waals surface area contributed by atoms with E-state index in [0.717, 1.165) is 26.2 Å². The molecule has 0 aliphatic carbocycles. The summed E-state index contributed by atoms with van der Waals surface area (Å²) in [6, 6.07) is 0.243. The molecular formula is C15H31N3O. The van der Waals surface area contributed by atoms with Crippen molar-refractivity contribution >= 4 is 5.91 Å². The first-order valence-corrected chi connectivity index (χ1v) is 7.86. The highest BCUT2D eigenvalue weighted by Crippen LogP contribution is 2.05. The van der Waals surface area contributed by atoms with Crippen LogP contribution in [-0.4, -0.2) is 61.0 Å². The van der Waals surface area contributed by atoms with Gasteiger partial charge in [-0.25, -0.2) is 0 Å². The van der Waals surface area contributed by atoms with Crippen LogP contribution in [0.2, 0.25) is 0 Å². The van der Waals surface area contributed by atoms with Crippen molar-refractivity contribution in [3.63, 3.8) is 0 Å². The van der Waals surface area contributed by atoms with E-state index in [1.807, 2.05) is 13.8 Å². The Labute approximate surface area is 118 Å². The minimum Gasteiger partial charge on any atom is -0.353 e. The molecule has 0 aromatic heterocycles. The first-order valence-electron chi connectivity index (χ1n) is 7.86. The normalized spacial score (nSPS) is 17.9. The van der Waals surface area contributed by atoms with Crippen molar-refractivity contribution < 1.29 is 4.79 Å². The average Bonchev–Trinajstić information content (AvgIpc) is 2.35. The second-order valence-electron chi connectivity index (χ2n) is 5.90. The van der Waals surface area contributed by atoms with Crippen LogP contribution in [0.15, 0.2) is 0 Å². The van der Waals surface area contributed by atoms with E-state index < -0.39 is 0 Å². The molecule has 0 radical (unpaired) electrons. The van der Waals surface area contributed by atoms with Crippen molar-refractivity contribution in [2.45, 2.75) is 52.5 Å². The quantitative estimate of drug-likeness (QED) is 0.681. The zero-order valence-corrected chi connectivity index (χ0v) is 13.0. The fraction of sp³-hybridized carbons (Fsp3) is 0.933. The van der Waals surface area contributed by atoms with Gasteiger partial charge in [-0.2, -0.15) is 0 Å².